The zero-order valence-corrected chi connectivity index (χ0v) is 20.8. The summed E-state index contributed by atoms with van der Waals surface area (Å²) in [6.45, 7) is 1.63. The summed E-state index contributed by atoms with van der Waals surface area (Å²) in [6, 6.07) is 8.61. The van der Waals surface area contributed by atoms with Crippen LogP contribution in [-0.2, 0) is 17.8 Å². The SMILES string of the molecule is C[C@]12CCC3c4ccc(B(O)O)cc4CCC3C1[C@H](CCC(=O)NCc1ccc(F)cc1F)CC2(F)F. The van der Waals surface area contributed by atoms with Crippen LogP contribution in [0.4, 0.5) is 17.6 Å². The van der Waals surface area contributed by atoms with Crippen LogP contribution < -0.4 is 10.8 Å². The van der Waals surface area contributed by atoms with Gasteiger partial charge in [-0.25, -0.2) is 17.6 Å². The Morgan fingerprint density at radius 1 is 1.14 bits per heavy atom. The molecular weight excluding hydrogens is 485 g/mol. The van der Waals surface area contributed by atoms with E-state index in [0.717, 1.165) is 29.7 Å². The number of carbonyl (C=O) groups excluding carboxylic acids is 1. The van der Waals surface area contributed by atoms with Gasteiger partial charge in [-0.05, 0) is 78.4 Å². The molecule has 0 saturated heterocycles. The van der Waals surface area contributed by atoms with Crippen molar-refractivity contribution >= 4 is 18.5 Å². The molecular formula is C28H32BF4NO3. The molecule has 2 aromatic carbocycles. The number of rotatable bonds is 6. The van der Waals surface area contributed by atoms with E-state index < -0.39 is 30.1 Å². The third kappa shape index (κ3) is 4.69. The Balaban J connectivity index is 1.30. The lowest BCUT2D eigenvalue weighted by atomic mass is 9.53. The minimum atomic E-state index is -2.81. The second-order valence-electron chi connectivity index (χ2n) is 11.3. The van der Waals surface area contributed by atoms with Crippen LogP contribution in [0.2, 0.25) is 0 Å². The Morgan fingerprint density at radius 3 is 2.65 bits per heavy atom. The molecule has 0 radical (unpaired) electrons. The molecule has 0 aliphatic heterocycles. The first-order valence-electron chi connectivity index (χ1n) is 13.1. The van der Waals surface area contributed by atoms with Crippen LogP contribution in [0.3, 0.4) is 0 Å². The van der Waals surface area contributed by atoms with Crippen LogP contribution in [0, 0.1) is 34.8 Å². The van der Waals surface area contributed by atoms with Crippen LogP contribution >= 0.6 is 0 Å². The summed E-state index contributed by atoms with van der Waals surface area (Å²) >= 11 is 0. The predicted octanol–water partition coefficient (Wildman–Crippen LogP) is 4.46. The van der Waals surface area contributed by atoms with E-state index in [1.807, 2.05) is 12.1 Å². The number of hydrogen-bond acceptors (Lipinski definition) is 3. The smallest absolute Gasteiger partial charge is 0.423 e. The fraction of sp³-hybridized carbons (Fsp3) is 0.536. The van der Waals surface area contributed by atoms with E-state index >= 15 is 8.78 Å². The first-order chi connectivity index (χ1) is 17.5. The second-order valence-corrected chi connectivity index (χ2v) is 11.3. The van der Waals surface area contributed by atoms with Crippen molar-refractivity contribution in [3.05, 3.63) is 64.7 Å². The molecule has 3 unspecified atom stereocenters. The molecule has 0 aromatic heterocycles. The first-order valence-corrected chi connectivity index (χ1v) is 13.1. The van der Waals surface area contributed by atoms with Crippen LogP contribution in [-0.4, -0.2) is 29.0 Å². The molecule has 0 spiro atoms. The highest BCUT2D eigenvalue weighted by atomic mass is 19.3. The van der Waals surface area contributed by atoms with Crippen molar-refractivity contribution < 1.29 is 32.4 Å². The summed E-state index contributed by atoms with van der Waals surface area (Å²) in [7, 11) is -1.54. The van der Waals surface area contributed by atoms with Gasteiger partial charge in [-0.1, -0.05) is 31.2 Å². The fourth-order valence-electron chi connectivity index (χ4n) is 7.54. The molecule has 198 valence electrons. The third-order valence-electron chi connectivity index (χ3n) is 9.40. The van der Waals surface area contributed by atoms with Gasteiger partial charge in [0.2, 0.25) is 5.91 Å². The van der Waals surface area contributed by atoms with Crippen LogP contribution in [0.25, 0.3) is 0 Å². The average molecular weight is 517 g/mol. The van der Waals surface area contributed by atoms with Gasteiger partial charge in [0, 0.05) is 36.4 Å². The van der Waals surface area contributed by atoms with Gasteiger partial charge in [-0.3, -0.25) is 4.79 Å². The zero-order valence-electron chi connectivity index (χ0n) is 20.8. The van der Waals surface area contributed by atoms with Crippen molar-refractivity contribution in [1.29, 1.82) is 0 Å². The Kier molecular flexibility index (Phi) is 6.90. The Bertz CT molecular complexity index is 1190. The topological polar surface area (TPSA) is 69.6 Å². The molecule has 0 heterocycles. The van der Waals surface area contributed by atoms with Gasteiger partial charge in [-0.15, -0.1) is 0 Å². The summed E-state index contributed by atoms with van der Waals surface area (Å²) in [5, 5.41) is 21.7. The van der Waals surface area contributed by atoms with Gasteiger partial charge >= 0.3 is 7.12 Å². The van der Waals surface area contributed by atoms with Gasteiger partial charge in [0.15, 0.2) is 0 Å². The molecule has 3 aliphatic carbocycles. The maximum absolute atomic E-state index is 15.5. The van der Waals surface area contributed by atoms with E-state index in [1.165, 1.54) is 6.07 Å². The van der Waals surface area contributed by atoms with Gasteiger partial charge in [0.1, 0.15) is 11.6 Å². The summed E-state index contributed by atoms with van der Waals surface area (Å²) < 4.78 is 57.9. The van der Waals surface area contributed by atoms with E-state index in [-0.39, 0.29) is 54.5 Å². The number of nitrogens with one attached hydrogen (secondary N) is 1. The molecule has 2 aromatic rings. The highest BCUT2D eigenvalue weighted by molar-refractivity contribution is 6.58. The standard InChI is InChI=1S/C28H32BF4NO3/c1-27-11-10-22-21-8-5-19(29(36)37)12-16(21)3-7-23(22)26(27)17(14-28(27,32)33)4-9-25(35)34-15-18-2-6-20(30)13-24(18)31/h2,5-6,8,12-13,17,22-23,26,36-37H,3-4,7,9-11,14-15H2,1H3,(H,34,35)/t17-,22?,23?,26?,27+/m1/s1. The molecule has 9 heteroatoms. The van der Waals surface area contributed by atoms with E-state index in [2.05, 4.69) is 5.32 Å². The minimum absolute atomic E-state index is 0.0713. The second kappa shape index (κ2) is 9.73. The molecule has 0 bridgehead atoms. The van der Waals surface area contributed by atoms with E-state index in [4.69, 9.17) is 0 Å². The quantitative estimate of drug-likeness (QED) is 0.392. The normalized spacial score (nSPS) is 29.7. The number of hydrogen-bond donors (Lipinski definition) is 3. The van der Waals surface area contributed by atoms with Crippen molar-refractivity contribution in [2.24, 2.45) is 23.2 Å². The number of fused-ring (bicyclic) bond motifs is 5. The fourth-order valence-corrected chi connectivity index (χ4v) is 7.54. The maximum atomic E-state index is 15.5. The first kappa shape index (κ1) is 26.2. The van der Waals surface area contributed by atoms with Gasteiger partial charge in [0.25, 0.3) is 5.92 Å². The largest absolute Gasteiger partial charge is 0.488 e. The molecule has 2 saturated carbocycles. The average Bonchev–Trinajstić information content (AvgIpc) is 3.06. The Morgan fingerprint density at radius 2 is 1.92 bits per heavy atom. The maximum Gasteiger partial charge on any atom is 0.488 e. The summed E-state index contributed by atoms with van der Waals surface area (Å²) in [4.78, 5) is 12.5. The Labute approximate surface area is 214 Å². The molecule has 4 nitrogen and oxygen atoms in total. The van der Waals surface area contributed by atoms with E-state index in [9.17, 15) is 23.6 Å². The lowest BCUT2D eigenvalue weighted by Crippen LogP contribution is -2.48. The summed E-state index contributed by atoms with van der Waals surface area (Å²) in [6.07, 6.45) is 2.69. The summed E-state index contributed by atoms with van der Waals surface area (Å²) in [5.41, 5.74) is 1.67. The number of carbonyl (C=O) groups is 1. The molecule has 37 heavy (non-hydrogen) atoms. The molecule has 3 aliphatic rings. The van der Waals surface area contributed by atoms with Crippen LogP contribution in [0.1, 0.15) is 68.1 Å². The molecule has 5 rings (SSSR count). The zero-order chi connectivity index (χ0) is 26.5. The number of halogens is 4. The number of benzene rings is 2. The highest BCUT2D eigenvalue weighted by Gasteiger charge is 2.67. The molecule has 1 amide bonds. The molecule has 3 N–H and O–H groups in total. The lowest BCUT2D eigenvalue weighted by Gasteiger charge is -2.51. The van der Waals surface area contributed by atoms with E-state index in [1.54, 1.807) is 13.0 Å². The summed E-state index contributed by atoms with van der Waals surface area (Å²) in [5.74, 6) is -4.90. The lowest BCUT2D eigenvalue weighted by molar-refractivity contribution is -0.133. The van der Waals surface area contributed by atoms with Crippen molar-refractivity contribution in [2.45, 2.75) is 70.3 Å². The van der Waals surface area contributed by atoms with Gasteiger partial charge in [-0.2, -0.15) is 0 Å². The number of amides is 1. The Hall–Kier alpha value is -2.39. The van der Waals surface area contributed by atoms with Gasteiger partial charge < -0.3 is 15.4 Å². The van der Waals surface area contributed by atoms with Crippen molar-refractivity contribution in [2.75, 3.05) is 0 Å². The van der Waals surface area contributed by atoms with Gasteiger partial charge in [0.05, 0.1) is 0 Å². The minimum Gasteiger partial charge on any atom is -0.423 e. The molecule has 2 fully saturated rings. The third-order valence-corrected chi connectivity index (χ3v) is 9.40. The predicted molar refractivity (Wildman–Crippen MR) is 132 cm³/mol. The van der Waals surface area contributed by atoms with Crippen molar-refractivity contribution in [1.82, 2.24) is 5.32 Å². The van der Waals surface area contributed by atoms with Crippen molar-refractivity contribution in [3.8, 4) is 0 Å². The van der Waals surface area contributed by atoms with Crippen LogP contribution in [0.15, 0.2) is 36.4 Å². The van der Waals surface area contributed by atoms with Crippen molar-refractivity contribution in [3.63, 3.8) is 0 Å². The van der Waals surface area contributed by atoms with Crippen LogP contribution in [0.5, 0.6) is 0 Å². The highest BCUT2D eigenvalue weighted by Crippen LogP contribution is 2.68. The number of alkyl halides is 2. The van der Waals surface area contributed by atoms with E-state index in [0.29, 0.717) is 31.1 Å². The molecule has 5 atom stereocenters. The number of aryl methyl sites for hydroxylation is 1. The monoisotopic (exact) mass is 517 g/mol.